The van der Waals surface area contributed by atoms with Gasteiger partial charge in [-0.1, -0.05) is 30.3 Å². The monoisotopic (exact) mass is 385 g/mol. The Hall–Kier alpha value is -1.69. The summed E-state index contributed by atoms with van der Waals surface area (Å²) in [7, 11) is 0. The van der Waals surface area contributed by atoms with Crippen molar-refractivity contribution >= 4 is 40.8 Å². The van der Waals surface area contributed by atoms with Crippen LogP contribution in [0.5, 0.6) is 0 Å². The molecule has 1 aromatic heterocycles. The quantitative estimate of drug-likeness (QED) is 0.406. The molecule has 0 bridgehead atoms. The van der Waals surface area contributed by atoms with Gasteiger partial charge in [0.1, 0.15) is 0 Å². The number of nitrogens with one attached hydrogen (secondary N) is 1. The summed E-state index contributed by atoms with van der Waals surface area (Å²) in [5, 5.41) is 7.26. The van der Waals surface area contributed by atoms with Crippen LogP contribution >= 0.6 is 34.9 Å². The summed E-state index contributed by atoms with van der Waals surface area (Å²) in [5.74, 6) is 1.75. The summed E-state index contributed by atoms with van der Waals surface area (Å²) in [5.41, 5.74) is 2.05. The van der Waals surface area contributed by atoms with Crippen LogP contribution in [0.25, 0.3) is 0 Å². The predicted molar refractivity (Wildman–Crippen MR) is 110 cm³/mol. The number of carbonyl (C=O) groups excluding carboxylic acids is 1. The molecule has 1 amide bonds. The zero-order chi connectivity index (χ0) is 17.3. The van der Waals surface area contributed by atoms with Gasteiger partial charge in [-0.25, -0.2) is 0 Å². The maximum absolute atomic E-state index is 12.5. The number of amides is 1. The number of carbonyl (C=O) groups is 1. The molecule has 0 spiro atoms. The van der Waals surface area contributed by atoms with Crippen LogP contribution in [-0.4, -0.2) is 18.2 Å². The van der Waals surface area contributed by atoms with E-state index in [1.54, 1.807) is 34.9 Å². The molecular formula is C20H19NOS3. The van der Waals surface area contributed by atoms with Crippen LogP contribution in [0.3, 0.4) is 0 Å². The van der Waals surface area contributed by atoms with E-state index >= 15 is 0 Å². The van der Waals surface area contributed by atoms with Gasteiger partial charge in [0.2, 0.25) is 0 Å². The molecule has 0 saturated carbocycles. The number of hydrogen-bond donors (Lipinski definition) is 1. The van der Waals surface area contributed by atoms with Gasteiger partial charge >= 0.3 is 0 Å². The van der Waals surface area contributed by atoms with Crippen molar-refractivity contribution in [2.24, 2.45) is 0 Å². The normalized spacial score (nSPS) is 10.6. The van der Waals surface area contributed by atoms with E-state index in [2.05, 4.69) is 34.3 Å². The molecular weight excluding hydrogens is 366 g/mol. The zero-order valence-electron chi connectivity index (χ0n) is 13.7. The van der Waals surface area contributed by atoms with Crippen LogP contribution in [0.4, 0.5) is 0 Å². The van der Waals surface area contributed by atoms with Gasteiger partial charge in [-0.2, -0.15) is 11.3 Å². The van der Waals surface area contributed by atoms with Gasteiger partial charge in [-0.15, -0.1) is 23.5 Å². The minimum absolute atomic E-state index is 0.00193. The van der Waals surface area contributed by atoms with Gasteiger partial charge in [0.15, 0.2) is 0 Å². The topological polar surface area (TPSA) is 29.1 Å². The lowest BCUT2D eigenvalue weighted by Crippen LogP contribution is -2.26. The standard InChI is InChI=1S/C20H19NOS3/c22-20(21-11-13-24-17-6-2-1-3-7-17)18-8-4-5-9-19(18)25-15-16-10-12-23-14-16/h1-10,12,14H,11,13,15H2,(H,21,22). The molecule has 0 saturated heterocycles. The molecule has 0 fully saturated rings. The highest BCUT2D eigenvalue weighted by molar-refractivity contribution is 7.99. The molecule has 0 aliphatic carbocycles. The average molecular weight is 386 g/mol. The molecule has 1 N–H and O–H groups in total. The second-order valence-corrected chi connectivity index (χ2v) is 8.30. The summed E-state index contributed by atoms with van der Waals surface area (Å²) in [6.07, 6.45) is 0. The lowest BCUT2D eigenvalue weighted by molar-refractivity contribution is 0.0953. The Balaban J connectivity index is 1.51. The van der Waals surface area contributed by atoms with Crippen molar-refractivity contribution < 1.29 is 4.79 Å². The largest absolute Gasteiger partial charge is 0.351 e. The Kier molecular flexibility index (Phi) is 7.03. The number of hydrogen-bond acceptors (Lipinski definition) is 4. The van der Waals surface area contributed by atoms with Gasteiger partial charge < -0.3 is 5.32 Å². The fraction of sp³-hybridized carbons (Fsp3) is 0.150. The highest BCUT2D eigenvalue weighted by atomic mass is 32.2. The van der Waals surface area contributed by atoms with Crippen molar-refractivity contribution in [3.05, 3.63) is 82.6 Å². The van der Waals surface area contributed by atoms with Crippen molar-refractivity contribution in [2.45, 2.75) is 15.5 Å². The van der Waals surface area contributed by atoms with Crippen LogP contribution in [0, 0.1) is 0 Å². The molecule has 0 aliphatic heterocycles. The van der Waals surface area contributed by atoms with E-state index in [0.29, 0.717) is 6.54 Å². The van der Waals surface area contributed by atoms with E-state index in [0.717, 1.165) is 22.0 Å². The second kappa shape index (κ2) is 9.70. The highest BCUT2D eigenvalue weighted by Crippen LogP contribution is 2.27. The van der Waals surface area contributed by atoms with Crippen molar-refractivity contribution in [3.8, 4) is 0 Å². The molecule has 2 nitrogen and oxygen atoms in total. The lowest BCUT2D eigenvalue weighted by Gasteiger charge is -2.09. The van der Waals surface area contributed by atoms with Gasteiger partial charge in [0.05, 0.1) is 5.56 Å². The Bertz CT molecular complexity index is 788. The summed E-state index contributed by atoms with van der Waals surface area (Å²) >= 11 is 5.16. The van der Waals surface area contributed by atoms with E-state index in [1.165, 1.54) is 10.5 Å². The molecule has 3 aromatic rings. The molecule has 1 heterocycles. The number of thioether (sulfide) groups is 2. The SMILES string of the molecule is O=C(NCCSc1ccccc1)c1ccccc1SCc1ccsc1. The molecule has 5 heteroatoms. The van der Waals surface area contributed by atoms with E-state index in [9.17, 15) is 4.79 Å². The van der Waals surface area contributed by atoms with Crippen molar-refractivity contribution in [3.63, 3.8) is 0 Å². The first-order valence-corrected chi connectivity index (χ1v) is 10.9. The van der Waals surface area contributed by atoms with Gasteiger partial charge in [0, 0.05) is 27.8 Å². The van der Waals surface area contributed by atoms with Crippen LogP contribution in [0.1, 0.15) is 15.9 Å². The van der Waals surface area contributed by atoms with Crippen molar-refractivity contribution in [1.82, 2.24) is 5.32 Å². The second-order valence-electron chi connectivity index (χ2n) is 5.33. The third-order valence-corrected chi connectivity index (χ3v) is 6.40. The molecule has 0 unspecified atom stereocenters. The first-order chi connectivity index (χ1) is 12.3. The number of benzene rings is 2. The smallest absolute Gasteiger partial charge is 0.252 e. The number of rotatable bonds is 8. The Morgan fingerprint density at radius 1 is 0.960 bits per heavy atom. The number of thiophene rings is 1. The molecule has 128 valence electrons. The van der Waals surface area contributed by atoms with E-state index in [4.69, 9.17) is 0 Å². The van der Waals surface area contributed by atoms with E-state index in [-0.39, 0.29) is 5.91 Å². The fourth-order valence-electron chi connectivity index (χ4n) is 2.26. The Labute approximate surface area is 161 Å². The predicted octanol–water partition coefficient (Wildman–Crippen LogP) is 5.56. The van der Waals surface area contributed by atoms with Gasteiger partial charge in [0.25, 0.3) is 5.91 Å². The molecule has 2 aromatic carbocycles. The third-order valence-electron chi connectivity index (χ3n) is 3.51. The van der Waals surface area contributed by atoms with Crippen molar-refractivity contribution in [2.75, 3.05) is 12.3 Å². The maximum Gasteiger partial charge on any atom is 0.252 e. The van der Waals surface area contributed by atoms with Crippen molar-refractivity contribution in [1.29, 1.82) is 0 Å². The van der Waals surface area contributed by atoms with Crippen LogP contribution in [0.2, 0.25) is 0 Å². The lowest BCUT2D eigenvalue weighted by atomic mass is 10.2. The molecule has 0 radical (unpaired) electrons. The summed E-state index contributed by atoms with van der Waals surface area (Å²) in [6.45, 7) is 0.655. The molecule has 0 atom stereocenters. The van der Waals surface area contributed by atoms with E-state index in [1.807, 2.05) is 42.5 Å². The van der Waals surface area contributed by atoms with Gasteiger partial charge in [-0.05, 0) is 46.7 Å². The molecule has 0 aliphatic rings. The zero-order valence-corrected chi connectivity index (χ0v) is 16.1. The third kappa shape index (κ3) is 5.66. The first-order valence-electron chi connectivity index (χ1n) is 8.02. The van der Waals surface area contributed by atoms with Crippen LogP contribution in [0.15, 0.2) is 81.2 Å². The summed E-state index contributed by atoms with van der Waals surface area (Å²) < 4.78 is 0. The minimum atomic E-state index is 0.00193. The van der Waals surface area contributed by atoms with Crippen LogP contribution in [-0.2, 0) is 5.75 Å². The molecule has 25 heavy (non-hydrogen) atoms. The summed E-state index contributed by atoms with van der Waals surface area (Å²) in [4.78, 5) is 14.8. The molecule has 3 rings (SSSR count). The fourth-order valence-corrected chi connectivity index (χ4v) is 4.82. The van der Waals surface area contributed by atoms with Gasteiger partial charge in [-0.3, -0.25) is 4.79 Å². The highest BCUT2D eigenvalue weighted by Gasteiger charge is 2.11. The summed E-state index contributed by atoms with van der Waals surface area (Å²) in [6, 6.07) is 20.2. The maximum atomic E-state index is 12.5. The van der Waals surface area contributed by atoms with Crippen LogP contribution < -0.4 is 5.32 Å². The average Bonchev–Trinajstić information content (AvgIpc) is 3.18. The Morgan fingerprint density at radius 2 is 1.76 bits per heavy atom. The Morgan fingerprint density at radius 3 is 2.56 bits per heavy atom. The first kappa shape index (κ1) is 18.1. The minimum Gasteiger partial charge on any atom is -0.351 e. The van der Waals surface area contributed by atoms with E-state index < -0.39 is 0 Å².